The molecule has 0 fully saturated rings. The summed E-state index contributed by atoms with van der Waals surface area (Å²) in [6.45, 7) is 4.59. The molecule has 3 nitrogen and oxygen atoms in total. The van der Waals surface area contributed by atoms with Crippen LogP contribution in [-0.4, -0.2) is 6.61 Å². The van der Waals surface area contributed by atoms with E-state index in [0.29, 0.717) is 28.1 Å². The Morgan fingerprint density at radius 3 is 2.62 bits per heavy atom. The Labute approximate surface area is 135 Å². The van der Waals surface area contributed by atoms with Gasteiger partial charge in [-0.3, -0.25) is 0 Å². The first-order valence-corrected chi connectivity index (χ1v) is 7.52. The molecule has 0 amide bonds. The van der Waals surface area contributed by atoms with Gasteiger partial charge in [0, 0.05) is 16.8 Å². The van der Waals surface area contributed by atoms with Gasteiger partial charge in [0.15, 0.2) is 0 Å². The Bertz CT molecular complexity index is 644. The number of aryl methyl sites for hydroxylation is 1. The van der Waals surface area contributed by atoms with E-state index in [1.54, 1.807) is 6.07 Å². The van der Waals surface area contributed by atoms with E-state index in [-0.39, 0.29) is 0 Å². The van der Waals surface area contributed by atoms with E-state index in [2.05, 4.69) is 5.32 Å². The van der Waals surface area contributed by atoms with Crippen LogP contribution in [0.4, 0.5) is 17.1 Å². The Hall–Kier alpha value is -1.58. The number of ether oxygens (including phenoxy) is 1. The average molecular weight is 325 g/mol. The first-order valence-electron chi connectivity index (χ1n) is 6.76. The Balaban J connectivity index is 2.25. The van der Waals surface area contributed by atoms with Crippen molar-refractivity contribution in [1.29, 1.82) is 0 Å². The number of halogens is 2. The Morgan fingerprint density at radius 1 is 1.14 bits per heavy atom. The normalized spacial score (nSPS) is 10.5. The highest BCUT2D eigenvalue weighted by molar-refractivity contribution is 6.35. The van der Waals surface area contributed by atoms with Crippen molar-refractivity contribution >= 4 is 40.3 Å². The largest absolute Gasteiger partial charge is 0.491 e. The molecular weight excluding hydrogens is 307 g/mol. The number of anilines is 3. The van der Waals surface area contributed by atoms with Crippen LogP contribution in [0, 0.1) is 6.92 Å². The topological polar surface area (TPSA) is 47.3 Å². The van der Waals surface area contributed by atoms with Gasteiger partial charge in [0.1, 0.15) is 5.75 Å². The summed E-state index contributed by atoms with van der Waals surface area (Å²) in [5.41, 5.74) is 9.04. The van der Waals surface area contributed by atoms with Gasteiger partial charge in [0.25, 0.3) is 0 Å². The Morgan fingerprint density at radius 2 is 1.90 bits per heavy atom. The fourth-order valence-corrected chi connectivity index (χ4v) is 2.28. The van der Waals surface area contributed by atoms with Gasteiger partial charge in [0.2, 0.25) is 0 Å². The van der Waals surface area contributed by atoms with Crippen molar-refractivity contribution in [2.24, 2.45) is 0 Å². The molecular formula is C16H18Cl2N2O. The van der Waals surface area contributed by atoms with Crippen molar-refractivity contribution in [1.82, 2.24) is 0 Å². The van der Waals surface area contributed by atoms with E-state index in [9.17, 15) is 0 Å². The minimum atomic E-state index is 0.613. The van der Waals surface area contributed by atoms with E-state index in [0.717, 1.165) is 23.4 Å². The summed E-state index contributed by atoms with van der Waals surface area (Å²) in [4.78, 5) is 0. The van der Waals surface area contributed by atoms with E-state index in [1.165, 1.54) is 0 Å². The number of nitrogens with one attached hydrogen (secondary N) is 1. The van der Waals surface area contributed by atoms with E-state index in [1.807, 2.05) is 38.1 Å². The van der Waals surface area contributed by atoms with Gasteiger partial charge in [-0.1, -0.05) is 30.1 Å². The molecule has 0 heterocycles. The molecule has 0 aliphatic heterocycles. The minimum absolute atomic E-state index is 0.613. The van der Waals surface area contributed by atoms with Gasteiger partial charge < -0.3 is 15.8 Å². The first-order chi connectivity index (χ1) is 10.0. The molecule has 0 aromatic heterocycles. The van der Waals surface area contributed by atoms with Crippen molar-refractivity contribution in [3.8, 4) is 5.75 Å². The number of rotatable bonds is 5. The molecule has 21 heavy (non-hydrogen) atoms. The minimum Gasteiger partial charge on any atom is -0.491 e. The van der Waals surface area contributed by atoms with Crippen molar-refractivity contribution in [2.45, 2.75) is 20.3 Å². The molecule has 0 aliphatic rings. The lowest BCUT2D eigenvalue weighted by atomic mass is 10.2. The van der Waals surface area contributed by atoms with Crippen LogP contribution in [0.15, 0.2) is 30.3 Å². The van der Waals surface area contributed by atoms with E-state index < -0.39 is 0 Å². The van der Waals surface area contributed by atoms with Gasteiger partial charge in [-0.05, 0) is 43.2 Å². The first kappa shape index (κ1) is 15.8. The van der Waals surface area contributed by atoms with Crippen molar-refractivity contribution < 1.29 is 4.74 Å². The Kier molecular flexibility index (Phi) is 5.21. The average Bonchev–Trinajstić information content (AvgIpc) is 2.45. The van der Waals surface area contributed by atoms with Crippen LogP contribution in [0.1, 0.15) is 18.9 Å². The standard InChI is InChI=1S/C16H18Cl2N2O/c1-3-6-21-16-8-11(4-5-14(16)19)20-15-9-12(17)10(2)7-13(15)18/h4-5,7-9,20H,3,6,19H2,1-2H3. The molecule has 3 N–H and O–H groups in total. The quantitative estimate of drug-likeness (QED) is 0.722. The molecule has 0 saturated heterocycles. The molecule has 2 aromatic rings. The second-order valence-electron chi connectivity index (χ2n) is 4.81. The molecule has 0 bridgehead atoms. The van der Waals surface area contributed by atoms with Crippen LogP contribution < -0.4 is 15.8 Å². The number of hydrogen-bond acceptors (Lipinski definition) is 3. The van der Waals surface area contributed by atoms with Crippen LogP contribution in [0.3, 0.4) is 0 Å². The number of benzene rings is 2. The molecule has 5 heteroatoms. The maximum Gasteiger partial charge on any atom is 0.144 e. The zero-order valence-corrected chi connectivity index (χ0v) is 13.6. The summed E-state index contributed by atoms with van der Waals surface area (Å²) in [5, 5.41) is 4.51. The monoisotopic (exact) mass is 324 g/mol. The second kappa shape index (κ2) is 6.92. The molecule has 0 spiro atoms. The summed E-state index contributed by atoms with van der Waals surface area (Å²) in [6.07, 6.45) is 0.927. The molecule has 2 aromatic carbocycles. The van der Waals surface area contributed by atoms with Crippen LogP contribution in [-0.2, 0) is 0 Å². The summed E-state index contributed by atoms with van der Waals surface area (Å²) >= 11 is 12.4. The van der Waals surface area contributed by atoms with Gasteiger partial charge in [0.05, 0.1) is 23.0 Å². The molecule has 112 valence electrons. The summed E-state index contributed by atoms with van der Waals surface area (Å²) in [7, 11) is 0. The summed E-state index contributed by atoms with van der Waals surface area (Å²) in [6, 6.07) is 9.17. The van der Waals surface area contributed by atoms with E-state index >= 15 is 0 Å². The third-order valence-electron chi connectivity index (χ3n) is 3.00. The zero-order valence-electron chi connectivity index (χ0n) is 12.0. The van der Waals surface area contributed by atoms with Crippen LogP contribution in [0.25, 0.3) is 0 Å². The molecule has 2 rings (SSSR count). The van der Waals surface area contributed by atoms with Crippen LogP contribution in [0.2, 0.25) is 10.0 Å². The highest BCUT2D eigenvalue weighted by Crippen LogP contribution is 2.33. The van der Waals surface area contributed by atoms with Gasteiger partial charge in [-0.15, -0.1) is 0 Å². The maximum absolute atomic E-state index is 6.23. The predicted molar refractivity (Wildman–Crippen MR) is 91.1 cm³/mol. The third kappa shape index (κ3) is 3.96. The number of hydrogen-bond donors (Lipinski definition) is 2. The lowest BCUT2D eigenvalue weighted by Crippen LogP contribution is -2.00. The zero-order chi connectivity index (χ0) is 15.4. The third-order valence-corrected chi connectivity index (χ3v) is 3.72. The lowest BCUT2D eigenvalue weighted by Gasteiger charge is -2.13. The fourth-order valence-electron chi connectivity index (χ4n) is 1.85. The van der Waals surface area contributed by atoms with Crippen LogP contribution >= 0.6 is 23.2 Å². The van der Waals surface area contributed by atoms with Crippen molar-refractivity contribution in [2.75, 3.05) is 17.7 Å². The van der Waals surface area contributed by atoms with E-state index in [4.69, 9.17) is 33.7 Å². The van der Waals surface area contributed by atoms with Gasteiger partial charge in [-0.25, -0.2) is 0 Å². The maximum atomic E-state index is 6.23. The number of nitrogens with two attached hydrogens (primary N) is 1. The highest BCUT2D eigenvalue weighted by atomic mass is 35.5. The fraction of sp³-hybridized carbons (Fsp3) is 0.250. The van der Waals surface area contributed by atoms with Crippen molar-refractivity contribution in [3.05, 3.63) is 45.9 Å². The highest BCUT2D eigenvalue weighted by Gasteiger charge is 2.07. The molecule has 0 unspecified atom stereocenters. The smallest absolute Gasteiger partial charge is 0.144 e. The summed E-state index contributed by atoms with van der Waals surface area (Å²) in [5.74, 6) is 0.663. The summed E-state index contributed by atoms with van der Waals surface area (Å²) < 4.78 is 5.61. The molecule has 0 radical (unpaired) electrons. The van der Waals surface area contributed by atoms with Crippen molar-refractivity contribution in [3.63, 3.8) is 0 Å². The SMILES string of the molecule is CCCOc1cc(Nc2cc(Cl)c(C)cc2Cl)ccc1N. The predicted octanol–water partition coefficient (Wildman–Crippen LogP) is 5.42. The molecule has 0 atom stereocenters. The molecule has 0 saturated carbocycles. The lowest BCUT2D eigenvalue weighted by molar-refractivity contribution is 0.319. The molecule has 0 aliphatic carbocycles. The second-order valence-corrected chi connectivity index (χ2v) is 5.62. The van der Waals surface area contributed by atoms with Gasteiger partial charge in [-0.2, -0.15) is 0 Å². The van der Waals surface area contributed by atoms with Gasteiger partial charge >= 0.3 is 0 Å². The number of nitrogen functional groups attached to an aromatic ring is 1. The van der Waals surface area contributed by atoms with Crippen LogP contribution in [0.5, 0.6) is 5.75 Å².